The number of anilines is 2. The van der Waals surface area contributed by atoms with E-state index in [0.717, 1.165) is 18.7 Å². The Hall–Kier alpha value is -2.60. The molecule has 2 amide bonds. The zero-order valence-electron chi connectivity index (χ0n) is 18.1. The molecule has 1 N–H and O–H groups in total. The maximum atomic E-state index is 13.1. The fraction of sp³-hybridized carbons (Fsp3) is 0.478. The topological polar surface area (TPSA) is 57.7 Å². The number of nitrogens with one attached hydrogen (secondary N) is 1. The molecular weight excluding hydrogens is 364 g/mol. The fourth-order valence-corrected chi connectivity index (χ4v) is 3.84. The number of hydrogen-bond acceptors (Lipinski definition) is 4. The number of hydrogen-bond donors (Lipinski definition) is 1. The maximum Gasteiger partial charge on any atom is 0.322 e. The Kier molecular flexibility index (Phi) is 6.42. The number of carbonyl (C=O) groups excluding carboxylic acids is 1. The van der Waals surface area contributed by atoms with Gasteiger partial charge in [0.25, 0.3) is 0 Å². The van der Waals surface area contributed by atoms with Gasteiger partial charge in [-0.3, -0.25) is 4.98 Å². The second-order valence-corrected chi connectivity index (χ2v) is 8.57. The van der Waals surface area contributed by atoms with Crippen molar-refractivity contribution in [2.75, 3.05) is 29.9 Å². The monoisotopic (exact) mass is 396 g/mol. The van der Waals surface area contributed by atoms with Gasteiger partial charge in [-0.2, -0.15) is 0 Å². The van der Waals surface area contributed by atoms with Gasteiger partial charge >= 0.3 is 6.03 Å². The molecule has 29 heavy (non-hydrogen) atoms. The molecule has 1 aromatic heterocycles. The van der Waals surface area contributed by atoms with E-state index in [1.54, 1.807) is 12.4 Å². The minimum Gasteiger partial charge on any atom is -0.374 e. The van der Waals surface area contributed by atoms with E-state index in [4.69, 9.17) is 4.74 Å². The summed E-state index contributed by atoms with van der Waals surface area (Å²) in [6, 6.07) is 11.9. The summed E-state index contributed by atoms with van der Waals surface area (Å²) < 4.78 is 5.96. The third-order valence-electron chi connectivity index (χ3n) is 5.15. The van der Waals surface area contributed by atoms with E-state index in [0.29, 0.717) is 12.3 Å². The van der Waals surface area contributed by atoms with Crippen LogP contribution < -0.4 is 10.2 Å². The van der Waals surface area contributed by atoms with Crippen LogP contribution in [0.25, 0.3) is 0 Å². The Bertz CT molecular complexity index is 819. The zero-order chi connectivity index (χ0) is 21.0. The summed E-state index contributed by atoms with van der Waals surface area (Å²) in [5, 5.41) is 2.99. The smallest absolute Gasteiger partial charge is 0.322 e. The summed E-state index contributed by atoms with van der Waals surface area (Å²) in [5.74, 6) is 0. The van der Waals surface area contributed by atoms with Crippen molar-refractivity contribution in [3.05, 3.63) is 54.4 Å². The van der Waals surface area contributed by atoms with Gasteiger partial charge in [-0.15, -0.1) is 0 Å². The molecule has 0 bridgehead atoms. The van der Waals surface area contributed by atoms with E-state index in [1.165, 1.54) is 5.69 Å². The van der Waals surface area contributed by atoms with Crippen LogP contribution in [0.5, 0.6) is 0 Å². The van der Waals surface area contributed by atoms with Crippen molar-refractivity contribution in [3.63, 3.8) is 0 Å². The Morgan fingerprint density at radius 3 is 2.66 bits per heavy atom. The molecule has 0 fully saturated rings. The molecule has 0 unspecified atom stereocenters. The number of nitrogens with zero attached hydrogens (tertiary/aromatic N) is 3. The van der Waals surface area contributed by atoms with Crippen molar-refractivity contribution < 1.29 is 9.53 Å². The van der Waals surface area contributed by atoms with E-state index >= 15 is 0 Å². The Morgan fingerprint density at radius 1 is 1.21 bits per heavy atom. The zero-order valence-corrected chi connectivity index (χ0v) is 18.1. The van der Waals surface area contributed by atoms with Gasteiger partial charge in [0.05, 0.1) is 30.1 Å². The summed E-state index contributed by atoms with van der Waals surface area (Å²) >= 11 is 0. The summed E-state index contributed by atoms with van der Waals surface area (Å²) in [7, 11) is 0. The van der Waals surface area contributed by atoms with Crippen molar-refractivity contribution in [1.82, 2.24) is 9.88 Å². The third-order valence-corrected chi connectivity index (χ3v) is 5.15. The van der Waals surface area contributed by atoms with Crippen LogP contribution in [0.15, 0.2) is 48.8 Å². The molecule has 0 saturated heterocycles. The maximum absolute atomic E-state index is 13.1. The minimum absolute atomic E-state index is 0.0312. The predicted octanol–water partition coefficient (Wildman–Crippen LogP) is 4.70. The van der Waals surface area contributed by atoms with Crippen LogP contribution in [-0.4, -0.2) is 47.3 Å². The number of para-hydroxylation sites is 1. The SMILES string of the molecule is C[C@@H]1CN(CCOC(C)(C)C)c2ccccc2[C@H](C)N1C(=O)Nc1cccnc1. The summed E-state index contributed by atoms with van der Waals surface area (Å²) in [5.41, 5.74) is 2.85. The number of amides is 2. The van der Waals surface area contributed by atoms with Gasteiger partial charge in [0.15, 0.2) is 0 Å². The van der Waals surface area contributed by atoms with Crippen LogP contribution in [0.2, 0.25) is 0 Å². The molecule has 0 saturated carbocycles. The average molecular weight is 397 g/mol. The molecule has 2 aromatic rings. The predicted molar refractivity (Wildman–Crippen MR) is 117 cm³/mol. The molecule has 6 nitrogen and oxygen atoms in total. The first-order valence-electron chi connectivity index (χ1n) is 10.2. The highest BCUT2D eigenvalue weighted by Crippen LogP contribution is 2.35. The van der Waals surface area contributed by atoms with Crippen LogP contribution >= 0.6 is 0 Å². The third kappa shape index (κ3) is 5.26. The highest BCUT2D eigenvalue weighted by molar-refractivity contribution is 5.90. The lowest BCUT2D eigenvalue weighted by Gasteiger charge is -2.33. The summed E-state index contributed by atoms with van der Waals surface area (Å²) in [6.45, 7) is 12.6. The lowest BCUT2D eigenvalue weighted by Crippen LogP contribution is -2.46. The molecule has 6 heteroatoms. The van der Waals surface area contributed by atoms with E-state index < -0.39 is 0 Å². The lowest BCUT2D eigenvalue weighted by atomic mass is 10.0. The number of urea groups is 1. The van der Waals surface area contributed by atoms with Gasteiger partial charge < -0.3 is 19.9 Å². The van der Waals surface area contributed by atoms with E-state index in [-0.39, 0.29) is 23.7 Å². The molecule has 3 rings (SSSR count). The van der Waals surface area contributed by atoms with Gasteiger partial charge in [0.2, 0.25) is 0 Å². The minimum atomic E-state index is -0.167. The lowest BCUT2D eigenvalue weighted by molar-refractivity contribution is 0.00122. The number of aromatic nitrogens is 1. The number of benzene rings is 1. The molecule has 0 aliphatic carbocycles. The van der Waals surface area contributed by atoms with Crippen LogP contribution in [0.4, 0.5) is 16.2 Å². The molecule has 0 spiro atoms. The Labute approximate surface area is 173 Å². The Balaban J connectivity index is 1.83. The number of fused-ring (bicyclic) bond motifs is 1. The molecule has 156 valence electrons. The van der Waals surface area contributed by atoms with Crippen molar-refractivity contribution in [1.29, 1.82) is 0 Å². The van der Waals surface area contributed by atoms with Crippen molar-refractivity contribution in [2.24, 2.45) is 0 Å². The van der Waals surface area contributed by atoms with Crippen LogP contribution in [0, 0.1) is 0 Å². The Morgan fingerprint density at radius 2 is 1.97 bits per heavy atom. The first-order chi connectivity index (χ1) is 13.8. The van der Waals surface area contributed by atoms with Gasteiger partial charge in [-0.1, -0.05) is 18.2 Å². The van der Waals surface area contributed by atoms with E-state index in [2.05, 4.69) is 68.0 Å². The molecule has 1 aliphatic rings. The van der Waals surface area contributed by atoms with E-state index in [1.807, 2.05) is 23.1 Å². The number of rotatable bonds is 4. The average Bonchev–Trinajstić information content (AvgIpc) is 2.76. The first-order valence-corrected chi connectivity index (χ1v) is 10.2. The second-order valence-electron chi connectivity index (χ2n) is 8.57. The summed E-state index contributed by atoms with van der Waals surface area (Å²) in [6.07, 6.45) is 3.36. The number of pyridine rings is 1. The molecular formula is C23H32N4O2. The van der Waals surface area contributed by atoms with Crippen molar-refractivity contribution in [3.8, 4) is 0 Å². The van der Waals surface area contributed by atoms with Crippen LogP contribution in [0.1, 0.15) is 46.2 Å². The van der Waals surface area contributed by atoms with Gasteiger partial charge in [0.1, 0.15) is 0 Å². The van der Waals surface area contributed by atoms with Gasteiger partial charge in [-0.05, 0) is 58.4 Å². The molecule has 2 heterocycles. The second kappa shape index (κ2) is 8.82. The highest BCUT2D eigenvalue weighted by atomic mass is 16.5. The van der Waals surface area contributed by atoms with Crippen LogP contribution in [-0.2, 0) is 4.74 Å². The number of carbonyl (C=O) groups is 1. The fourth-order valence-electron chi connectivity index (χ4n) is 3.84. The van der Waals surface area contributed by atoms with Gasteiger partial charge in [-0.25, -0.2) is 4.79 Å². The molecule has 0 radical (unpaired) electrons. The van der Waals surface area contributed by atoms with E-state index in [9.17, 15) is 4.79 Å². The number of ether oxygens (including phenoxy) is 1. The van der Waals surface area contributed by atoms with Crippen LogP contribution in [0.3, 0.4) is 0 Å². The standard InChI is InChI=1S/C23H32N4O2/c1-17-16-26(13-14-29-23(3,4)5)21-11-7-6-10-20(21)18(2)27(17)22(28)25-19-9-8-12-24-15-19/h6-12,15,17-18H,13-14,16H2,1-5H3,(H,25,28)/t17-,18+/m1/s1. The van der Waals surface area contributed by atoms with Crippen molar-refractivity contribution in [2.45, 2.75) is 52.3 Å². The largest absolute Gasteiger partial charge is 0.374 e. The quantitative estimate of drug-likeness (QED) is 0.814. The normalized spacial score (nSPS) is 19.5. The molecule has 1 aromatic carbocycles. The summed E-state index contributed by atoms with van der Waals surface area (Å²) in [4.78, 5) is 21.5. The molecule has 2 atom stereocenters. The highest BCUT2D eigenvalue weighted by Gasteiger charge is 2.33. The van der Waals surface area contributed by atoms with Crippen molar-refractivity contribution >= 4 is 17.4 Å². The molecule has 1 aliphatic heterocycles. The first kappa shape index (κ1) is 21.1. The van der Waals surface area contributed by atoms with Gasteiger partial charge in [0, 0.05) is 31.0 Å².